The summed E-state index contributed by atoms with van der Waals surface area (Å²) in [6, 6.07) is 7.07. The Kier molecular flexibility index (Phi) is 3.77. The first-order valence-corrected chi connectivity index (χ1v) is 5.64. The Labute approximate surface area is 104 Å². The summed E-state index contributed by atoms with van der Waals surface area (Å²) in [5.74, 6) is -0.209. The molecule has 0 aromatic carbocycles. The van der Waals surface area contributed by atoms with Gasteiger partial charge >= 0.3 is 0 Å². The Bertz CT molecular complexity index is 496. The van der Waals surface area contributed by atoms with Crippen LogP contribution in [-0.2, 0) is 6.54 Å². The number of hydrogen-bond acceptors (Lipinski definition) is 2. The molecule has 2 heterocycles. The average molecular weight is 250 g/mol. The Morgan fingerprint density at radius 2 is 2.18 bits per heavy atom. The van der Waals surface area contributed by atoms with Crippen LogP contribution in [0, 0.1) is 0 Å². The van der Waals surface area contributed by atoms with E-state index in [-0.39, 0.29) is 5.91 Å². The van der Waals surface area contributed by atoms with Crippen LogP contribution >= 0.6 is 11.6 Å². The van der Waals surface area contributed by atoms with Crippen LogP contribution in [0.25, 0.3) is 0 Å². The van der Waals surface area contributed by atoms with Crippen molar-refractivity contribution in [2.45, 2.75) is 6.54 Å². The van der Waals surface area contributed by atoms with E-state index in [1.54, 1.807) is 12.1 Å². The molecule has 0 aliphatic rings. The van der Waals surface area contributed by atoms with Crippen molar-refractivity contribution in [2.75, 3.05) is 6.54 Å². The smallest absolute Gasteiger partial charge is 0.269 e. The van der Waals surface area contributed by atoms with E-state index in [9.17, 15) is 4.79 Å². The largest absolute Gasteiger partial charge is 0.353 e. The molecule has 0 spiro atoms. The van der Waals surface area contributed by atoms with E-state index in [1.165, 1.54) is 6.20 Å². The van der Waals surface area contributed by atoms with E-state index in [0.29, 0.717) is 17.3 Å². The summed E-state index contributed by atoms with van der Waals surface area (Å²) >= 11 is 5.78. The van der Waals surface area contributed by atoms with Gasteiger partial charge in [-0.1, -0.05) is 11.6 Å². The van der Waals surface area contributed by atoms with Gasteiger partial charge in [0.15, 0.2) is 0 Å². The normalized spacial score (nSPS) is 10.2. The van der Waals surface area contributed by atoms with E-state index in [1.807, 2.05) is 29.1 Å². The molecule has 0 atom stereocenters. The number of pyridine rings is 1. The van der Waals surface area contributed by atoms with Crippen molar-refractivity contribution in [3.05, 3.63) is 53.6 Å². The van der Waals surface area contributed by atoms with Crippen LogP contribution in [0.1, 0.15) is 10.5 Å². The number of aromatic nitrogens is 2. The third-order valence-corrected chi connectivity index (χ3v) is 2.51. The van der Waals surface area contributed by atoms with E-state index >= 15 is 0 Å². The molecule has 0 bridgehead atoms. The molecule has 0 radical (unpaired) electrons. The monoisotopic (exact) mass is 249 g/mol. The van der Waals surface area contributed by atoms with Gasteiger partial charge in [0, 0.05) is 36.7 Å². The zero-order valence-electron chi connectivity index (χ0n) is 9.14. The average Bonchev–Trinajstić information content (AvgIpc) is 2.82. The number of rotatable bonds is 4. The number of nitrogens with zero attached hydrogens (tertiary/aromatic N) is 2. The third kappa shape index (κ3) is 3.32. The second-order valence-corrected chi connectivity index (χ2v) is 3.97. The summed E-state index contributed by atoms with van der Waals surface area (Å²) in [5, 5.41) is 3.29. The maximum absolute atomic E-state index is 11.7. The standard InChI is InChI=1S/C12H12ClN3O/c13-10-3-4-14-11(9-10)12(17)15-5-8-16-6-1-2-7-16/h1-4,6-7,9H,5,8H2,(H,15,17). The molecule has 0 fully saturated rings. The maximum Gasteiger partial charge on any atom is 0.269 e. The van der Waals surface area contributed by atoms with Crippen LogP contribution in [0.2, 0.25) is 5.02 Å². The van der Waals surface area contributed by atoms with Crippen molar-refractivity contribution < 1.29 is 4.79 Å². The van der Waals surface area contributed by atoms with Crippen LogP contribution in [0.15, 0.2) is 42.9 Å². The first kappa shape index (κ1) is 11.7. The minimum absolute atomic E-state index is 0.209. The molecule has 2 aromatic heterocycles. The van der Waals surface area contributed by atoms with E-state index in [0.717, 1.165) is 6.54 Å². The number of carbonyl (C=O) groups is 1. The topological polar surface area (TPSA) is 46.9 Å². The summed E-state index contributed by atoms with van der Waals surface area (Å²) in [6.07, 6.45) is 5.41. The molecule has 2 rings (SSSR count). The summed E-state index contributed by atoms with van der Waals surface area (Å²) in [5.41, 5.74) is 0.338. The third-order valence-electron chi connectivity index (χ3n) is 2.28. The zero-order valence-corrected chi connectivity index (χ0v) is 9.89. The van der Waals surface area contributed by atoms with Gasteiger partial charge in [0.25, 0.3) is 5.91 Å². The van der Waals surface area contributed by atoms with Crippen LogP contribution in [-0.4, -0.2) is 22.0 Å². The molecule has 2 aromatic rings. The number of amides is 1. The highest BCUT2D eigenvalue weighted by Crippen LogP contribution is 2.07. The number of halogens is 1. The van der Waals surface area contributed by atoms with Crippen molar-refractivity contribution in [3.8, 4) is 0 Å². The van der Waals surface area contributed by atoms with Gasteiger partial charge in [-0.2, -0.15) is 0 Å². The lowest BCUT2D eigenvalue weighted by Crippen LogP contribution is -2.27. The van der Waals surface area contributed by atoms with Crippen molar-refractivity contribution >= 4 is 17.5 Å². The van der Waals surface area contributed by atoms with Crippen LogP contribution < -0.4 is 5.32 Å². The molecule has 0 saturated carbocycles. The zero-order chi connectivity index (χ0) is 12.1. The van der Waals surface area contributed by atoms with Gasteiger partial charge in [-0.15, -0.1) is 0 Å². The minimum atomic E-state index is -0.209. The van der Waals surface area contributed by atoms with Crippen molar-refractivity contribution in [2.24, 2.45) is 0 Å². The molecule has 0 saturated heterocycles. The van der Waals surface area contributed by atoms with Gasteiger partial charge in [0.05, 0.1) is 0 Å². The molecule has 88 valence electrons. The van der Waals surface area contributed by atoms with Gasteiger partial charge in [0.1, 0.15) is 5.69 Å². The maximum atomic E-state index is 11.7. The van der Waals surface area contributed by atoms with Crippen molar-refractivity contribution in [1.29, 1.82) is 0 Å². The Morgan fingerprint density at radius 1 is 1.41 bits per heavy atom. The highest BCUT2D eigenvalue weighted by molar-refractivity contribution is 6.30. The molecular weight excluding hydrogens is 238 g/mol. The molecular formula is C12H12ClN3O. The molecule has 0 aliphatic carbocycles. The highest BCUT2D eigenvalue weighted by Gasteiger charge is 2.06. The number of nitrogens with one attached hydrogen (secondary N) is 1. The molecule has 4 nitrogen and oxygen atoms in total. The lowest BCUT2D eigenvalue weighted by molar-refractivity contribution is 0.0947. The van der Waals surface area contributed by atoms with Gasteiger partial charge in [-0.25, -0.2) is 0 Å². The molecule has 17 heavy (non-hydrogen) atoms. The summed E-state index contributed by atoms with van der Waals surface area (Å²) < 4.78 is 1.99. The number of hydrogen-bond donors (Lipinski definition) is 1. The lowest BCUT2D eigenvalue weighted by Gasteiger charge is -2.05. The second-order valence-electron chi connectivity index (χ2n) is 3.54. The summed E-state index contributed by atoms with van der Waals surface area (Å²) in [4.78, 5) is 15.6. The van der Waals surface area contributed by atoms with Crippen LogP contribution in [0.5, 0.6) is 0 Å². The molecule has 5 heteroatoms. The quantitative estimate of drug-likeness (QED) is 0.901. The first-order valence-electron chi connectivity index (χ1n) is 5.26. The van der Waals surface area contributed by atoms with Crippen LogP contribution in [0.3, 0.4) is 0 Å². The van der Waals surface area contributed by atoms with E-state index in [2.05, 4.69) is 10.3 Å². The van der Waals surface area contributed by atoms with Gasteiger partial charge in [-0.05, 0) is 24.3 Å². The molecule has 1 amide bonds. The molecule has 0 unspecified atom stereocenters. The van der Waals surface area contributed by atoms with E-state index in [4.69, 9.17) is 11.6 Å². The SMILES string of the molecule is O=C(NCCn1cccc1)c1cc(Cl)ccn1. The van der Waals surface area contributed by atoms with Gasteiger partial charge in [0.2, 0.25) is 0 Å². The summed E-state index contributed by atoms with van der Waals surface area (Å²) in [6.45, 7) is 1.29. The molecule has 1 N–H and O–H groups in total. The van der Waals surface area contributed by atoms with Crippen molar-refractivity contribution in [1.82, 2.24) is 14.9 Å². The van der Waals surface area contributed by atoms with Gasteiger partial charge < -0.3 is 9.88 Å². The Balaban J connectivity index is 1.85. The lowest BCUT2D eigenvalue weighted by atomic mass is 10.3. The number of carbonyl (C=O) groups excluding carboxylic acids is 1. The van der Waals surface area contributed by atoms with Gasteiger partial charge in [-0.3, -0.25) is 9.78 Å². The predicted octanol–water partition coefficient (Wildman–Crippen LogP) is 1.97. The van der Waals surface area contributed by atoms with E-state index < -0.39 is 0 Å². The Hall–Kier alpha value is -1.81. The fourth-order valence-corrected chi connectivity index (χ4v) is 1.60. The predicted molar refractivity (Wildman–Crippen MR) is 66.0 cm³/mol. The van der Waals surface area contributed by atoms with Crippen molar-refractivity contribution in [3.63, 3.8) is 0 Å². The van der Waals surface area contributed by atoms with Crippen LogP contribution in [0.4, 0.5) is 0 Å². The highest BCUT2D eigenvalue weighted by atomic mass is 35.5. The first-order chi connectivity index (χ1) is 8.25. The molecule has 0 aliphatic heterocycles. The fraction of sp³-hybridized carbons (Fsp3) is 0.167. The summed E-state index contributed by atoms with van der Waals surface area (Å²) in [7, 11) is 0. The fourth-order valence-electron chi connectivity index (χ4n) is 1.44. The second kappa shape index (κ2) is 5.50. The minimum Gasteiger partial charge on any atom is -0.353 e. The Morgan fingerprint density at radius 3 is 2.88 bits per heavy atom.